The van der Waals surface area contributed by atoms with Crippen molar-refractivity contribution in [1.82, 2.24) is 5.32 Å². The lowest BCUT2D eigenvalue weighted by Crippen LogP contribution is -2.38. The van der Waals surface area contributed by atoms with Crippen molar-refractivity contribution in [2.45, 2.75) is 76.2 Å². The van der Waals surface area contributed by atoms with E-state index in [2.05, 4.69) is 11.4 Å². The van der Waals surface area contributed by atoms with Crippen molar-refractivity contribution in [3.63, 3.8) is 0 Å². The molecular formula is C16H27NO2. The van der Waals surface area contributed by atoms with E-state index in [0.717, 1.165) is 38.6 Å². The van der Waals surface area contributed by atoms with E-state index >= 15 is 0 Å². The predicted molar refractivity (Wildman–Crippen MR) is 76.8 cm³/mol. The highest BCUT2D eigenvalue weighted by atomic mass is 16.3. The molecule has 0 unspecified atom stereocenters. The molecule has 0 bridgehead atoms. The third kappa shape index (κ3) is 4.98. The second-order valence-corrected chi connectivity index (χ2v) is 6.17. The van der Waals surface area contributed by atoms with Gasteiger partial charge in [-0.25, -0.2) is 0 Å². The Labute approximate surface area is 116 Å². The number of nitrogens with one attached hydrogen (secondary N) is 1. The zero-order chi connectivity index (χ0) is 13.6. The third-order valence-corrected chi connectivity index (χ3v) is 4.43. The normalized spacial score (nSPS) is 22.7. The van der Waals surface area contributed by atoms with E-state index in [1.807, 2.05) is 0 Å². The van der Waals surface area contributed by atoms with Crippen LogP contribution in [0, 0.1) is 0 Å². The van der Waals surface area contributed by atoms with Crippen LogP contribution in [0.1, 0.15) is 70.6 Å². The summed E-state index contributed by atoms with van der Waals surface area (Å²) in [5.41, 5.74) is 0.759. The van der Waals surface area contributed by atoms with E-state index in [-0.39, 0.29) is 12.3 Å². The van der Waals surface area contributed by atoms with Gasteiger partial charge in [0.2, 0.25) is 5.91 Å². The summed E-state index contributed by atoms with van der Waals surface area (Å²) in [6.07, 6.45) is 13.4. The molecule has 0 aromatic rings. The number of hydrogen-bond donors (Lipinski definition) is 2. The molecule has 0 heterocycles. The fourth-order valence-corrected chi connectivity index (χ4v) is 3.24. The van der Waals surface area contributed by atoms with E-state index in [0.29, 0.717) is 0 Å². The van der Waals surface area contributed by atoms with Gasteiger partial charge >= 0.3 is 0 Å². The zero-order valence-electron chi connectivity index (χ0n) is 11.9. The van der Waals surface area contributed by atoms with Crippen molar-refractivity contribution in [3.05, 3.63) is 11.6 Å². The molecule has 2 N–H and O–H groups in total. The van der Waals surface area contributed by atoms with Crippen molar-refractivity contribution in [3.8, 4) is 0 Å². The lowest BCUT2D eigenvalue weighted by molar-refractivity contribution is -0.127. The molecule has 1 fully saturated rings. The second kappa shape index (κ2) is 7.09. The van der Waals surface area contributed by atoms with Gasteiger partial charge in [0, 0.05) is 6.54 Å². The Kier molecular flexibility index (Phi) is 5.44. The fraction of sp³-hybridized carbons (Fsp3) is 0.812. The van der Waals surface area contributed by atoms with Crippen LogP contribution in [0.2, 0.25) is 0 Å². The molecule has 2 rings (SSSR count). The quantitative estimate of drug-likeness (QED) is 0.751. The molecule has 1 saturated carbocycles. The Morgan fingerprint density at radius 1 is 1.21 bits per heavy atom. The topological polar surface area (TPSA) is 49.3 Å². The zero-order valence-corrected chi connectivity index (χ0v) is 11.9. The molecule has 108 valence electrons. The Morgan fingerprint density at radius 3 is 2.68 bits per heavy atom. The van der Waals surface area contributed by atoms with Crippen LogP contribution in [0.5, 0.6) is 0 Å². The number of allylic oxidation sites excluding steroid dienone is 1. The molecule has 0 radical (unpaired) electrons. The van der Waals surface area contributed by atoms with E-state index in [1.54, 1.807) is 0 Å². The van der Waals surface area contributed by atoms with Gasteiger partial charge in [0.25, 0.3) is 0 Å². The van der Waals surface area contributed by atoms with Gasteiger partial charge in [-0.1, -0.05) is 30.9 Å². The molecule has 0 spiro atoms. The first-order chi connectivity index (χ1) is 9.18. The van der Waals surface area contributed by atoms with Crippen molar-refractivity contribution in [2.24, 2.45) is 0 Å². The maximum atomic E-state index is 11.9. The van der Waals surface area contributed by atoms with E-state index < -0.39 is 5.60 Å². The molecule has 3 heteroatoms. The Hall–Kier alpha value is -0.830. The van der Waals surface area contributed by atoms with E-state index in [4.69, 9.17) is 0 Å². The number of carbonyl (C=O) groups is 1. The average Bonchev–Trinajstić information content (AvgIpc) is 2.40. The number of aliphatic hydroxyl groups is 1. The van der Waals surface area contributed by atoms with Crippen LogP contribution < -0.4 is 5.32 Å². The SMILES string of the molecule is O=C(CC1(O)CCCCC1)NCCC1=CCCCC1. The molecule has 3 nitrogen and oxygen atoms in total. The number of carbonyl (C=O) groups excluding carboxylic acids is 1. The maximum Gasteiger partial charge on any atom is 0.222 e. The van der Waals surface area contributed by atoms with Crippen LogP contribution in [0.3, 0.4) is 0 Å². The standard InChI is InChI=1S/C16H27NO2/c18-15(13-16(19)10-5-2-6-11-16)17-12-9-14-7-3-1-4-8-14/h7,19H,1-6,8-13H2,(H,17,18). The summed E-state index contributed by atoms with van der Waals surface area (Å²) in [7, 11) is 0. The Bertz CT molecular complexity index is 330. The molecule has 0 aliphatic heterocycles. The van der Waals surface area contributed by atoms with Gasteiger partial charge in [0.1, 0.15) is 0 Å². The van der Waals surface area contributed by atoms with Crippen molar-refractivity contribution >= 4 is 5.91 Å². The van der Waals surface area contributed by atoms with Gasteiger partial charge in [0.05, 0.1) is 12.0 Å². The van der Waals surface area contributed by atoms with E-state index in [9.17, 15) is 9.90 Å². The predicted octanol–water partition coefficient (Wildman–Crippen LogP) is 3.08. The van der Waals surface area contributed by atoms with Crippen molar-refractivity contribution in [2.75, 3.05) is 6.54 Å². The summed E-state index contributed by atoms with van der Waals surface area (Å²) in [6, 6.07) is 0. The highest BCUT2D eigenvalue weighted by molar-refractivity contribution is 5.77. The lowest BCUT2D eigenvalue weighted by Gasteiger charge is -2.31. The number of hydrogen-bond acceptors (Lipinski definition) is 2. The molecule has 19 heavy (non-hydrogen) atoms. The van der Waals surface area contributed by atoms with Gasteiger partial charge in [-0.3, -0.25) is 4.79 Å². The fourth-order valence-electron chi connectivity index (χ4n) is 3.24. The first kappa shape index (κ1) is 14.6. The largest absolute Gasteiger partial charge is 0.389 e. The van der Waals surface area contributed by atoms with E-state index in [1.165, 1.54) is 37.7 Å². The monoisotopic (exact) mass is 265 g/mol. The summed E-state index contributed by atoms with van der Waals surface area (Å²) in [6.45, 7) is 0.723. The molecule has 0 aromatic carbocycles. The first-order valence-corrected chi connectivity index (χ1v) is 7.85. The maximum absolute atomic E-state index is 11.9. The van der Waals surface area contributed by atoms with Gasteiger partial charge in [-0.05, 0) is 44.9 Å². The second-order valence-electron chi connectivity index (χ2n) is 6.17. The third-order valence-electron chi connectivity index (χ3n) is 4.43. The molecule has 0 aromatic heterocycles. The van der Waals surface area contributed by atoms with Gasteiger partial charge in [-0.2, -0.15) is 0 Å². The smallest absolute Gasteiger partial charge is 0.222 e. The molecule has 0 atom stereocenters. The molecule has 2 aliphatic rings. The van der Waals surface area contributed by atoms with Crippen molar-refractivity contribution < 1.29 is 9.90 Å². The summed E-state index contributed by atoms with van der Waals surface area (Å²) in [5.74, 6) is 0.0146. The van der Waals surface area contributed by atoms with Crippen molar-refractivity contribution in [1.29, 1.82) is 0 Å². The summed E-state index contributed by atoms with van der Waals surface area (Å²) < 4.78 is 0. The van der Waals surface area contributed by atoms with Gasteiger partial charge in [0.15, 0.2) is 0 Å². The summed E-state index contributed by atoms with van der Waals surface area (Å²) >= 11 is 0. The highest BCUT2D eigenvalue weighted by Gasteiger charge is 2.31. The Morgan fingerprint density at radius 2 is 2.00 bits per heavy atom. The molecule has 1 amide bonds. The molecular weight excluding hydrogens is 238 g/mol. The molecule has 2 aliphatic carbocycles. The van der Waals surface area contributed by atoms with Crippen LogP contribution in [0.15, 0.2) is 11.6 Å². The van der Waals surface area contributed by atoms with Crippen LogP contribution in [-0.2, 0) is 4.79 Å². The minimum absolute atomic E-state index is 0.0146. The van der Waals surface area contributed by atoms with Crippen LogP contribution in [0.25, 0.3) is 0 Å². The van der Waals surface area contributed by atoms with Crippen LogP contribution in [-0.4, -0.2) is 23.2 Å². The van der Waals surface area contributed by atoms with Crippen LogP contribution >= 0.6 is 0 Å². The minimum Gasteiger partial charge on any atom is -0.389 e. The summed E-state index contributed by atoms with van der Waals surface area (Å²) in [5, 5.41) is 13.3. The van der Waals surface area contributed by atoms with Gasteiger partial charge < -0.3 is 10.4 Å². The summed E-state index contributed by atoms with van der Waals surface area (Å²) in [4.78, 5) is 11.9. The van der Waals surface area contributed by atoms with Crippen LogP contribution in [0.4, 0.5) is 0 Å². The Balaban J connectivity index is 1.65. The van der Waals surface area contributed by atoms with Gasteiger partial charge in [-0.15, -0.1) is 0 Å². The number of amides is 1. The minimum atomic E-state index is -0.730. The first-order valence-electron chi connectivity index (χ1n) is 7.85. The number of rotatable bonds is 5. The average molecular weight is 265 g/mol. The lowest BCUT2D eigenvalue weighted by atomic mass is 9.82. The highest BCUT2D eigenvalue weighted by Crippen LogP contribution is 2.30. The molecule has 0 saturated heterocycles.